The van der Waals surface area contributed by atoms with E-state index >= 15 is 0 Å². The first-order valence-corrected chi connectivity index (χ1v) is 9.01. The van der Waals surface area contributed by atoms with Gasteiger partial charge in [-0.05, 0) is 32.9 Å². The van der Waals surface area contributed by atoms with Gasteiger partial charge in [0, 0.05) is 24.1 Å². The highest BCUT2D eigenvalue weighted by molar-refractivity contribution is 7.98. The molecular weight excluding hydrogens is 354 g/mol. The lowest BCUT2D eigenvalue weighted by atomic mass is 10.2. The number of pyridine rings is 1. The first-order valence-electron chi connectivity index (χ1n) is 8.03. The van der Waals surface area contributed by atoms with Gasteiger partial charge in [0.25, 0.3) is 5.91 Å². The van der Waals surface area contributed by atoms with Gasteiger partial charge in [-0.1, -0.05) is 11.2 Å². The molecule has 0 fully saturated rings. The normalized spacial score (nSPS) is 11.7. The molecule has 0 radical (unpaired) electrons. The van der Waals surface area contributed by atoms with Crippen molar-refractivity contribution in [1.82, 2.24) is 15.5 Å². The van der Waals surface area contributed by atoms with Crippen LogP contribution in [-0.4, -0.2) is 34.7 Å². The van der Waals surface area contributed by atoms with Crippen LogP contribution in [0.1, 0.15) is 34.3 Å². The standard InChI is InChI=1S/C18H21N3O4S/c1-5-8-19-16(22)13(4)24-18(23)14-7-6-9-20-17(14)26-10-15-11(2)21-25-12(15)3/h5-7,9,13H,1,8,10H2,2-4H3,(H,19,22)/t13-/m0/s1. The fraction of sp³-hybridized carbons (Fsp3) is 0.333. The minimum absolute atomic E-state index is 0.312. The SMILES string of the molecule is C=CCNC(=O)[C@H](C)OC(=O)c1cccnc1SCc1c(C)noc1C. The number of nitrogens with zero attached hydrogens (tertiary/aromatic N) is 2. The van der Waals surface area contributed by atoms with Crippen molar-refractivity contribution in [2.24, 2.45) is 0 Å². The Kier molecular flexibility index (Phi) is 6.97. The Morgan fingerprint density at radius 2 is 2.23 bits per heavy atom. The maximum atomic E-state index is 12.4. The summed E-state index contributed by atoms with van der Waals surface area (Å²) in [7, 11) is 0. The second kappa shape index (κ2) is 9.19. The lowest BCUT2D eigenvalue weighted by Gasteiger charge is -2.14. The van der Waals surface area contributed by atoms with Gasteiger partial charge >= 0.3 is 5.97 Å². The fourth-order valence-corrected chi connectivity index (χ4v) is 3.24. The first-order chi connectivity index (χ1) is 12.4. The molecule has 8 heteroatoms. The molecule has 7 nitrogen and oxygen atoms in total. The van der Waals surface area contributed by atoms with Crippen molar-refractivity contribution in [3.8, 4) is 0 Å². The summed E-state index contributed by atoms with van der Waals surface area (Å²) in [6.45, 7) is 9.06. The quantitative estimate of drug-likeness (QED) is 0.431. The van der Waals surface area contributed by atoms with E-state index in [1.807, 2.05) is 13.8 Å². The summed E-state index contributed by atoms with van der Waals surface area (Å²) < 4.78 is 10.4. The van der Waals surface area contributed by atoms with Crippen molar-refractivity contribution in [2.75, 3.05) is 6.54 Å². The van der Waals surface area contributed by atoms with Gasteiger partial charge in [-0.15, -0.1) is 18.3 Å². The van der Waals surface area contributed by atoms with Crippen LogP contribution >= 0.6 is 11.8 Å². The smallest absolute Gasteiger partial charge is 0.341 e. The number of thioether (sulfide) groups is 1. The molecular formula is C18H21N3O4S. The summed E-state index contributed by atoms with van der Waals surface area (Å²) in [5, 5.41) is 7.03. The fourth-order valence-electron chi connectivity index (χ4n) is 2.10. The van der Waals surface area contributed by atoms with E-state index in [0.717, 1.165) is 17.0 Å². The molecule has 0 spiro atoms. The van der Waals surface area contributed by atoms with E-state index in [9.17, 15) is 9.59 Å². The highest BCUT2D eigenvalue weighted by atomic mass is 32.2. The summed E-state index contributed by atoms with van der Waals surface area (Å²) in [4.78, 5) is 28.5. The van der Waals surface area contributed by atoms with E-state index in [0.29, 0.717) is 22.9 Å². The Morgan fingerprint density at radius 1 is 1.46 bits per heavy atom. The number of carbonyl (C=O) groups excluding carboxylic acids is 2. The number of amides is 1. The van der Waals surface area contributed by atoms with Crippen molar-refractivity contribution in [3.05, 3.63) is 53.6 Å². The van der Waals surface area contributed by atoms with E-state index in [1.54, 1.807) is 24.4 Å². The number of rotatable bonds is 8. The van der Waals surface area contributed by atoms with Crippen LogP contribution in [0, 0.1) is 13.8 Å². The van der Waals surface area contributed by atoms with Crippen LogP contribution in [-0.2, 0) is 15.3 Å². The largest absolute Gasteiger partial charge is 0.449 e. The third-order valence-corrected chi connectivity index (χ3v) is 4.63. The van der Waals surface area contributed by atoms with Crippen LogP contribution in [0.4, 0.5) is 0 Å². The number of hydrogen-bond acceptors (Lipinski definition) is 7. The molecule has 0 aliphatic heterocycles. The van der Waals surface area contributed by atoms with E-state index < -0.39 is 12.1 Å². The number of aryl methyl sites for hydroxylation is 2. The Labute approximate surface area is 156 Å². The molecule has 26 heavy (non-hydrogen) atoms. The minimum Gasteiger partial charge on any atom is -0.449 e. The number of aromatic nitrogens is 2. The number of hydrogen-bond donors (Lipinski definition) is 1. The van der Waals surface area contributed by atoms with Crippen LogP contribution in [0.15, 0.2) is 40.5 Å². The topological polar surface area (TPSA) is 94.3 Å². The lowest BCUT2D eigenvalue weighted by molar-refractivity contribution is -0.128. The lowest BCUT2D eigenvalue weighted by Crippen LogP contribution is -2.35. The maximum absolute atomic E-state index is 12.4. The van der Waals surface area contributed by atoms with Crippen molar-refractivity contribution in [2.45, 2.75) is 37.7 Å². The molecule has 0 saturated heterocycles. The van der Waals surface area contributed by atoms with Gasteiger partial charge in [-0.2, -0.15) is 0 Å². The summed E-state index contributed by atoms with van der Waals surface area (Å²) in [6.07, 6.45) is 2.24. The summed E-state index contributed by atoms with van der Waals surface area (Å²) in [5.41, 5.74) is 2.09. The number of esters is 1. The first kappa shape index (κ1) is 19.7. The number of carbonyl (C=O) groups is 2. The average molecular weight is 375 g/mol. The maximum Gasteiger partial charge on any atom is 0.341 e. The molecule has 1 amide bonds. The van der Waals surface area contributed by atoms with Gasteiger partial charge in [-0.3, -0.25) is 4.79 Å². The molecule has 0 aromatic carbocycles. The zero-order chi connectivity index (χ0) is 19.1. The summed E-state index contributed by atoms with van der Waals surface area (Å²) in [6, 6.07) is 3.28. The van der Waals surface area contributed by atoms with Gasteiger partial charge in [0.05, 0.1) is 11.3 Å². The number of nitrogens with one attached hydrogen (secondary N) is 1. The van der Waals surface area contributed by atoms with Crippen LogP contribution in [0.5, 0.6) is 0 Å². The predicted octanol–water partition coefficient (Wildman–Crippen LogP) is 2.83. The van der Waals surface area contributed by atoms with E-state index in [1.165, 1.54) is 18.7 Å². The van der Waals surface area contributed by atoms with E-state index in [4.69, 9.17) is 9.26 Å². The number of ether oxygens (including phenoxy) is 1. The van der Waals surface area contributed by atoms with Crippen LogP contribution in [0.25, 0.3) is 0 Å². The van der Waals surface area contributed by atoms with Crippen molar-refractivity contribution in [3.63, 3.8) is 0 Å². The Hall–Kier alpha value is -2.61. The molecule has 0 aliphatic carbocycles. The Morgan fingerprint density at radius 3 is 2.88 bits per heavy atom. The summed E-state index contributed by atoms with van der Waals surface area (Å²) in [5.74, 6) is 0.323. The van der Waals surface area contributed by atoms with Crippen LogP contribution in [0.3, 0.4) is 0 Å². The highest BCUT2D eigenvalue weighted by Gasteiger charge is 2.21. The zero-order valence-electron chi connectivity index (χ0n) is 14.9. The predicted molar refractivity (Wildman–Crippen MR) is 97.9 cm³/mol. The second-order valence-corrected chi connectivity index (χ2v) is 6.49. The molecule has 2 heterocycles. The Bertz CT molecular complexity index is 784. The molecule has 2 aromatic rings. The van der Waals surface area contributed by atoms with Gasteiger partial charge < -0.3 is 14.6 Å². The monoisotopic (exact) mass is 375 g/mol. The Balaban J connectivity index is 2.06. The molecule has 2 aromatic heterocycles. The van der Waals surface area contributed by atoms with E-state index in [2.05, 4.69) is 22.0 Å². The van der Waals surface area contributed by atoms with Gasteiger partial charge in [0.15, 0.2) is 6.10 Å². The molecule has 1 atom stereocenters. The molecule has 0 bridgehead atoms. The molecule has 1 N–H and O–H groups in total. The molecule has 0 unspecified atom stereocenters. The molecule has 138 valence electrons. The molecule has 2 rings (SSSR count). The average Bonchev–Trinajstić information content (AvgIpc) is 2.95. The van der Waals surface area contributed by atoms with Crippen molar-refractivity contribution < 1.29 is 18.8 Å². The van der Waals surface area contributed by atoms with Gasteiger partial charge in [-0.25, -0.2) is 9.78 Å². The van der Waals surface area contributed by atoms with Crippen LogP contribution < -0.4 is 5.32 Å². The van der Waals surface area contributed by atoms with Crippen molar-refractivity contribution in [1.29, 1.82) is 0 Å². The third-order valence-electron chi connectivity index (χ3n) is 3.60. The summed E-state index contributed by atoms with van der Waals surface area (Å²) >= 11 is 1.39. The van der Waals surface area contributed by atoms with Gasteiger partial charge in [0.2, 0.25) is 0 Å². The van der Waals surface area contributed by atoms with Gasteiger partial charge in [0.1, 0.15) is 10.8 Å². The van der Waals surface area contributed by atoms with Crippen molar-refractivity contribution >= 4 is 23.6 Å². The van der Waals surface area contributed by atoms with Crippen LogP contribution in [0.2, 0.25) is 0 Å². The molecule has 0 aliphatic rings. The highest BCUT2D eigenvalue weighted by Crippen LogP contribution is 2.27. The molecule has 0 saturated carbocycles. The zero-order valence-corrected chi connectivity index (χ0v) is 15.8. The third kappa shape index (κ3) is 4.95. The van der Waals surface area contributed by atoms with E-state index in [-0.39, 0.29) is 5.91 Å². The minimum atomic E-state index is -0.914. The second-order valence-electron chi connectivity index (χ2n) is 5.53.